The molecule has 0 aliphatic rings. The summed E-state index contributed by atoms with van der Waals surface area (Å²) in [5.41, 5.74) is 0. The maximum absolute atomic E-state index is 7.13. The minimum Gasteiger partial charge on any atom is -0.753 e. The van der Waals surface area contributed by atoms with Gasteiger partial charge in [-0.2, -0.15) is 20.6 Å². The molecule has 0 aromatic heterocycles. The van der Waals surface area contributed by atoms with Gasteiger partial charge in [-0.3, -0.25) is 0 Å². The van der Waals surface area contributed by atoms with Crippen LogP contribution < -0.4 is 0 Å². The monoisotopic (exact) mass is 291 g/mol. The van der Waals surface area contributed by atoms with Crippen LogP contribution in [-0.2, 0) is 16.8 Å². The van der Waals surface area contributed by atoms with Crippen LogP contribution in [0.2, 0.25) is 0 Å². The normalized spacial score (nSPS) is 2.46. The van der Waals surface area contributed by atoms with Crippen LogP contribution >= 0.6 is 48.9 Å². The van der Waals surface area contributed by atoms with Gasteiger partial charge in [-0.1, -0.05) is 48.9 Å². The van der Waals surface area contributed by atoms with E-state index in [1.54, 1.807) is 0 Å². The zero-order chi connectivity index (χ0) is 10.8. The summed E-state index contributed by atoms with van der Waals surface area (Å²) < 4.78 is 0. The molecule has 0 saturated carbocycles. The number of rotatable bonds is 0. The fraction of sp³-hybridized carbons (Fsp3) is 0. The summed E-state index contributed by atoms with van der Waals surface area (Å²) in [4.78, 5) is 0. The molecule has 71 valence electrons. The van der Waals surface area contributed by atoms with E-state index in [0.29, 0.717) is 0 Å². The van der Waals surface area contributed by atoms with Crippen LogP contribution in [0.25, 0.3) is 21.6 Å². The molecule has 0 N–H and O–H groups in total. The van der Waals surface area contributed by atoms with Gasteiger partial charge < -0.3 is 21.6 Å². The van der Waals surface area contributed by atoms with Crippen molar-refractivity contribution < 1.29 is 16.8 Å². The van der Waals surface area contributed by atoms with Crippen LogP contribution in [0.4, 0.5) is 0 Å². The van der Waals surface area contributed by atoms with Crippen molar-refractivity contribution in [3.63, 3.8) is 0 Å². The smallest absolute Gasteiger partial charge is 0.753 e. The summed E-state index contributed by atoms with van der Waals surface area (Å²) in [5, 5.41) is 33.9. The summed E-state index contributed by atoms with van der Waals surface area (Å²) >= 11 is 14.8. The molecule has 0 bridgehead atoms. The largest absolute Gasteiger partial charge is 2.00 e. The number of hydrogen-bond acceptors (Lipinski definition) is 4. The Morgan fingerprint density at radius 1 is 0.538 bits per heavy atom. The first-order valence-corrected chi connectivity index (χ1v) is 3.34. The van der Waals surface area contributed by atoms with Gasteiger partial charge in [0.2, 0.25) is 0 Å². The Morgan fingerprint density at radius 3 is 0.538 bits per heavy atom. The molecule has 1 radical (unpaired) electrons. The van der Waals surface area contributed by atoms with Crippen molar-refractivity contribution in [1.82, 2.24) is 0 Å². The van der Waals surface area contributed by atoms with E-state index in [9.17, 15) is 0 Å². The van der Waals surface area contributed by atoms with Gasteiger partial charge in [-0.15, -0.1) is 0 Å². The molecule has 9 heteroatoms. The molecule has 0 unspecified atom stereocenters. The summed E-state index contributed by atoms with van der Waals surface area (Å²) in [6, 6.07) is 0. The zero-order valence-electron chi connectivity index (χ0n) is 5.76. The second-order valence-electron chi connectivity index (χ2n) is 0.365. The SMILES string of the molecule is [Co+2].[N-]=C=S.[N-]=C=S.[N-]=C=S.[N-]=C=S. The third-order valence-electron chi connectivity index (χ3n) is 0. The van der Waals surface area contributed by atoms with Crippen LogP contribution in [0.5, 0.6) is 0 Å². The molecule has 0 amide bonds. The van der Waals surface area contributed by atoms with Gasteiger partial charge in [0.15, 0.2) is 0 Å². The van der Waals surface area contributed by atoms with Gasteiger partial charge in [0.05, 0.1) is 0 Å². The van der Waals surface area contributed by atoms with Crippen LogP contribution in [0.15, 0.2) is 0 Å². The predicted molar refractivity (Wildman–Crippen MR) is 63.8 cm³/mol. The van der Waals surface area contributed by atoms with E-state index in [1.807, 2.05) is 0 Å². The first kappa shape index (κ1) is 29.3. The summed E-state index contributed by atoms with van der Waals surface area (Å²) in [6.07, 6.45) is 0. The molecule has 0 saturated heterocycles. The molecular formula is C4CoN4S4-2. The average molecular weight is 291 g/mol. The fourth-order valence-electron chi connectivity index (χ4n) is 0. The number of nitrogens with zero attached hydrogens (tertiary/aromatic N) is 4. The molecule has 4 nitrogen and oxygen atoms in total. The molecule has 13 heavy (non-hydrogen) atoms. The first-order chi connectivity index (χ1) is 5.66. The minimum absolute atomic E-state index is 0. The van der Waals surface area contributed by atoms with Crippen LogP contribution in [0.3, 0.4) is 0 Å². The third-order valence-corrected chi connectivity index (χ3v) is 0. The Bertz CT molecular complexity index is 156. The second-order valence-corrected chi connectivity index (χ2v) is 1.10. The molecule has 0 aromatic rings. The van der Waals surface area contributed by atoms with E-state index < -0.39 is 0 Å². The van der Waals surface area contributed by atoms with Crippen molar-refractivity contribution in [3.05, 3.63) is 21.6 Å². The van der Waals surface area contributed by atoms with Gasteiger partial charge >= 0.3 is 16.8 Å². The first-order valence-electron chi connectivity index (χ1n) is 1.71. The van der Waals surface area contributed by atoms with E-state index >= 15 is 0 Å². The van der Waals surface area contributed by atoms with Crippen molar-refractivity contribution in [3.8, 4) is 0 Å². The van der Waals surface area contributed by atoms with Crippen molar-refractivity contribution in [2.45, 2.75) is 0 Å². The summed E-state index contributed by atoms with van der Waals surface area (Å²) in [6.45, 7) is 0. The third kappa shape index (κ3) is 12800. The van der Waals surface area contributed by atoms with E-state index in [2.05, 4.69) is 48.9 Å². The number of thiocarbonyl (C=S) groups is 4. The van der Waals surface area contributed by atoms with E-state index in [4.69, 9.17) is 21.6 Å². The predicted octanol–water partition coefficient (Wildman–Crippen LogP) is 2.63. The molecule has 0 rings (SSSR count). The van der Waals surface area contributed by atoms with Crippen molar-refractivity contribution in [1.29, 1.82) is 0 Å². The van der Waals surface area contributed by atoms with E-state index in [1.165, 1.54) is 20.6 Å². The minimum atomic E-state index is 0. The quantitative estimate of drug-likeness (QED) is 0.507. The van der Waals surface area contributed by atoms with Gasteiger partial charge in [-0.05, 0) is 0 Å². The Kier molecular flexibility index (Phi) is 220. The zero-order valence-corrected chi connectivity index (χ0v) is 10.1. The molecule has 0 aliphatic carbocycles. The van der Waals surface area contributed by atoms with Crippen LogP contribution in [0.1, 0.15) is 0 Å². The summed E-state index contributed by atoms with van der Waals surface area (Å²) in [5.74, 6) is 0. The van der Waals surface area contributed by atoms with Crippen molar-refractivity contribution in [2.24, 2.45) is 0 Å². The maximum Gasteiger partial charge on any atom is 2.00 e. The fourth-order valence-corrected chi connectivity index (χ4v) is 0. The number of hydrogen-bond donors (Lipinski definition) is 0. The van der Waals surface area contributed by atoms with Gasteiger partial charge in [-0.25, -0.2) is 0 Å². The second kappa shape index (κ2) is 97.7. The van der Waals surface area contributed by atoms with Gasteiger partial charge in [0.25, 0.3) is 0 Å². The molecule has 0 atom stereocenters. The Labute approximate surface area is 107 Å². The Balaban J connectivity index is -0.0000000213. The average Bonchev–Trinajstić information content (AvgIpc) is 1.92. The van der Waals surface area contributed by atoms with Gasteiger partial charge in [0, 0.05) is 0 Å². The van der Waals surface area contributed by atoms with Crippen LogP contribution in [0, 0.1) is 0 Å². The molecule has 0 heterocycles. The topological polar surface area (TPSA) is 89.2 Å². The van der Waals surface area contributed by atoms with Crippen molar-refractivity contribution in [2.75, 3.05) is 0 Å². The molecule has 0 fully saturated rings. The molecule has 0 spiro atoms. The Hall–Kier alpha value is -0.294. The van der Waals surface area contributed by atoms with E-state index in [0.717, 1.165) is 0 Å². The molecular weight excluding hydrogens is 291 g/mol. The summed E-state index contributed by atoms with van der Waals surface area (Å²) in [7, 11) is 0. The van der Waals surface area contributed by atoms with E-state index in [-0.39, 0.29) is 16.8 Å². The Morgan fingerprint density at radius 2 is 0.538 bits per heavy atom. The van der Waals surface area contributed by atoms with Gasteiger partial charge in [0.1, 0.15) is 0 Å². The number of isothiocyanates is 4. The van der Waals surface area contributed by atoms with Crippen molar-refractivity contribution >= 4 is 69.5 Å². The maximum atomic E-state index is 7.13. The van der Waals surface area contributed by atoms with Crippen LogP contribution in [-0.4, -0.2) is 20.6 Å². The molecule has 0 aromatic carbocycles. The molecule has 0 aliphatic heterocycles. The standard InChI is InChI=1S/4CNS.Co/c4*2-1-3;/q4*-1;+2.